The summed E-state index contributed by atoms with van der Waals surface area (Å²) < 4.78 is 59.1. The lowest BCUT2D eigenvalue weighted by Gasteiger charge is -2.60. The maximum atomic E-state index is 13.1. The molecule has 16 heteroatoms. The Hall–Kier alpha value is -2.51. The van der Waals surface area contributed by atoms with Crippen molar-refractivity contribution in [1.82, 2.24) is 14.7 Å². The zero-order valence-electron chi connectivity index (χ0n) is 34.0. The maximum absolute atomic E-state index is 13.1. The number of carbonyl (C=O) groups is 1. The molecule has 5 saturated carbocycles. The van der Waals surface area contributed by atoms with E-state index in [9.17, 15) is 21.6 Å². The van der Waals surface area contributed by atoms with Gasteiger partial charge in [-0.2, -0.15) is 36.4 Å². The van der Waals surface area contributed by atoms with E-state index >= 15 is 0 Å². The van der Waals surface area contributed by atoms with E-state index in [0.717, 1.165) is 87.7 Å². The first-order chi connectivity index (χ1) is 27.5. The lowest BCUT2D eigenvalue weighted by molar-refractivity contribution is -0.680. The number of piperidine rings is 1. The summed E-state index contributed by atoms with van der Waals surface area (Å²) in [6.45, 7) is 10.2. The van der Waals surface area contributed by atoms with Gasteiger partial charge in [0.1, 0.15) is 0 Å². The molecule has 2 aromatic carbocycles. The summed E-state index contributed by atoms with van der Waals surface area (Å²) in [5, 5.41) is 0. The second kappa shape index (κ2) is 17.8. The van der Waals surface area contributed by atoms with Crippen LogP contribution in [0.15, 0.2) is 58.3 Å². The third-order valence-corrected chi connectivity index (χ3v) is 15.5. The molecule has 10 rings (SSSR count). The number of carbonyl (C=O) groups excluding carboxylic acids is 1. The highest BCUT2D eigenvalue weighted by Gasteiger charge is 2.64. The highest BCUT2D eigenvalue weighted by molar-refractivity contribution is 7.86. The normalized spacial score (nSPS) is 33.0. The van der Waals surface area contributed by atoms with Crippen LogP contribution in [0.3, 0.4) is 0 Å². The molecule has 3 saturated heterocycles. The molecule has 2 spiro atoms. The molecule has 2 aromatic rings. The standard InChI is InChI=1S/C28H45N3O5.2C7H8O3S/c1-29-10-12-30(13-11-29)25-4-8-31(9-5-25)26(32)19-20-2-6-27(7-3-20)33-35-28(36-34-27)23-15-21-14-22(17-23)18-24(28)16-21;2*1-6-2-4-7(5-3-6)11(8,9)10/h20-25H,2-19H2,1H3;2*2-5H,1H3,(H,8,9,10). The predicted molar refractivity (Wildman–Crippen MR) is 214 cm³/mol. The summed E-state index contributed by atoms with van der Waals surface area (Å²) in [7, 11) is -5.83. The van der Waals surface area contributed by atoms with Gasteiger partial charge in [-0.3, -0.25) is 18.8 Å². The van der Waals surface area contributed by atoms with Gasteiger partial charge in [-0.25, -0.2) is 0 Å². The van der Waals surface area contributed by atoms with E-state index < -0.39 is 31.8 Å². The second-order valence-electron chi connectivity index (χ2n) is 17.9. The summed E-state index contributed by atoms with van der Waals surface area (Å²) in [5.74, 6) is 1.74. The number of piperazine rings is 1. The van der Waals surface area contributed by atoms with E-state index in [4.69, 9.17) is 28.7 Å². The van der Waals surface area contributed by atoms with Gasteiger partial charge in [0.15, 0.2) is 0 Å². The minimum atomic E-state index is -4.02. The number of likely N-dealkylation sites (N-methyl/N-ethyl adjacent to an activating group) is 1. The highest BCUT2D eigenvalue weighted by atomic mass is 32.2. The molecule has 0 unspecified atom stereocenters. The molecule has 8 aliphatic rings. The van der Waals surface area contributed by atoms with Crippen molar-refractivity contribution in [3.05, 3.63) is 59.7 Å². The van der Waals surface area contributed by atoms with Gasteiger partial charge >= 0.3 is 0 Å². The van der Waals surface area contributed by atoms with Crippen LogP contribution >= 0.6 is 0 Å². The van der Waals surface area contributed by atoms with Crippen molar-refractivity contribution in [1.29, 1.82) is 0 Å². The van der Waals surface area contributed by atoms with Gasteiger partial charge in [0.05, 0.1) is 9.79 Å². The Morgan fingerprint density at radius 1 is 0.655 bits per heavy atom. The van der Waals surface area contributed by atoms with Crippen LogP contribution in [0.5, 0.6) is 0 Å². The largest absolute Gasteiger partial charge is 0.343 e. The zero-order valence-corrected chi connectivity index (χ0v) is 35.7. The lowest BCUT2D eigenvalue weighted by Crippen LogP contribution is -2.64. The zero-order chi connectivity index (χ0) is 41.3. The Labute approximate surface area is 343 Å². The third-order valence-electron chi connectivity index (χ3n) is 13.8. The van der Waals surface area contributed by atoms with Crippen LogP contribution in [0.4, 0.5) is 0 Å². The van der Waals surface area contributed by atoms with Crippen molar-refractivity contribution in [3.8, 4) is 0 Å². The van der Waals surface area contributed by atoms with Crippen LogP contribution < -0.4 is 0 Å². The summed E-state index contributed by atoms with van der Waals surface area (Å²) in [4.78, 5) is 44.7. The fourth-order valence-corrected chi connectivity index (χ4v) is 11.3. The summed E-state index contributed by atoms with van der Waals surface area (Å²) >= 11 is 0. The Bertz CT molecular complexity index is 1810. The third kappa shape index (κ3) is 10.3. The molecule has 58 heavy (non-hydrogen) atoms. The number of hydrogen-bond donors (Lipinski definition) is 2. The van der Waals surface area contributed by atoms with E-state index in [1.165, 1.54) is 69.5 Å². The monoisotopic (exact) mass is 847 g/mol. The minimum absolute atomic E-state index is 0.0666. The fourth-order valence-electron chi connectivity index (χ4n) is 10.4. The molecule has 1 amide bonds. The van der Waals surface area contributed by atoms with Gasteiger partial charge in [0, 0.05) is 76.4 Å². The van der Waals surface area contributed by atoms with E-state index in [1.54, 1.807) is 24.3 Å². The van der Waals surface area contributed by atoms with Crippen LogP contribution in [0.25, 0.3) is 0 Å². The highest BCUT2D eigenvalue weighted by Crippen LogP contribution is 2.62. The van der Waals surface area contributed by atoms with Gasteiger partial charge in [-0.1, -0.05) is 35.4 Å². The van der Waals surface area contributed by atoms with Crippen LogP contribution in [0, 0.1) is 43.4 Å². The molecule has 3 heterocycles. The minimum Gasteiger partial charge on any atom is -0.343 e. The van der Waals surface area contributed by atoms with Gasteiger partial charge in [0.25, 0.3) is 20.2 Å². The molecule has 5 aliphatic carbocycles. The maximum Gasteiger partial charge on any atom is 0.294 e. The Morgan fingerprint density at radius 2 is 1.10 bits per heavy atom. The summed E-state index contributed by atoms with van der Waals surface area (Å²) in [6.07, 6.45) is 12.3. The number of nitrogens with zero attached hydrogens (tertiary/aromatic N) is 3. The SMILES string of the molecule is CN1CCN(C2CCN(C(=O)CC3CCC4(CC3)OOC3(OO4)C4CC5CC(C4)CC3C5)CC2)CC1.Cc1ccc(S(=O)(=O)O)cc1.Cc1ccc(S(=O)(=O)O)cc1. The van der Waals surface area contributed by atoms with Gasteiger partial charge in [-0.15, -0.1) is 0 Å². The molecule has 4 bridgehead atoms. The van der Waals surface area contributed by atoms with Gasteiger partial charge < -0.3 is 9.80 Å². The molecular formula is C42H61N3O11S2. The molecule has 322 valence electrons. The molecular weight excluding hydrogens is 787 g/mol. The summed E-state index contributed by atoms with van der Waals surface area (Å²) in [6, 6.07) is 12.6. The quantitative estimate of drug-likeness (QED) is 0.264. The molecule has 2 N–H and O–H groups in total. The molecule has 8 fully saturated rings. The Balaban J connectivity index is 0.000000190. The van der Waals surface area contributed by atoms with E-state index in [-0.39, 0.29) is 9.79 Å². The number of likely N-dealkylation sites (tertiary alicyclic amines) is 1. The van der Waals surface area contributed by atoms with Crippen molar-refractivity contribution in [3.63, 3.8) is 0 Å². The van der Waals surface area contributed by atoms with Crippen LogP contribution in [-0.2, 0) is 44.6 Å². The molecule has 0 atom stereocenters. The van der Waals surface area contributed by atoms with Crippen molar-refractivity contribution in [2.45, 2.75) is 118 Å². The van der Waals surface area contributed by atoms with Crippen molar-refractivity contribution in [2.75, 3.05) is 46.3 Å². The molecule has 0 aromatic heterocycles. The van der Waals surface area contributed by atoms with Crippen molar-refractivity contribution in [2.24, 2.45) is 29.6 Å². The number of hydrogen-bond acceptors (Lipinski definition) is 11. The van der Waals surface area contributed by atoms with Crippen LogP contribution in [0.1, 0.15) is 88.2 Å². The topological polar surface area (TPSA) is 172 Å². The Morgan fingerprint density at radius 3 is 1.53 bits per heavy atom. The smallest absolute Gasteiger partial charge is 0.294 e. The van der Waals surface area contributed by atoms with Crippen LogP contribution in [-0.4, -0.2) is 110 Å². The number of aryl methyl sites for hydroxylation is 2. The van der Waals surface area contributed by atoms with Gasteiger partial charge in [0.2, 0.25) is 17.5 Å². The second-order valence-corrected chi connectivity index (χ2v) is 20.8. The molecule has 0 radical (unpaired) electrons. The number of rotatable bonds is 5. The predicted octanol–water partition coefficient (Wildman–Crippen LogP) is 6.05. The van der Waals surface area contributed by atoms with E-state index in [2.05, 4.69) is 21.7 Å². The molecule has 14 nitrogen and oxygen atoms in total. The first-order valence-corrected chi connectivity index (χ1v) is 23.9. The first kappa shape index (κ1) is 43.6. The van der Waals surface area contributed by atoms with Crippen molar-refractivity contribution >= 4 is 26.1 Å². The van der Waals surface area contributed by atoms with E-state index in [1.807, 2.05) is 13.8 Å². The lowest BCUT2D eigenvalue weighted by atomic mass is 9.53. The van der Waals surface area contributed by atoms with Crippen LogP contribution in [0.2, 0.25) is 0 Å². The average Bonchev–Trinajstić information content (AvgIpc) is 3.19. The number of benzene rings is 2. The van der Waals surface area contributed by atoms with Gasteiger partial charge in [-0.05, 0) is 121 Å². The summed E-state index contributed by atoms with van der Waals surface area (Å²) in [5.41, 5.74) is 1.91. The van der Waals surface area contributed by atoms with E-state index in [0.29, 0.717) is 36.1 Å². The van der Waals surface area contributed by atoms with Crippen molar-refractivity contribution < 1.29 is 50.3 Å². The number of amides is 1. The fraction of sp³-hybridized carbons (Fsp3) is 0.690. The molecule has 3 aliphatic heterocycles. The Kier molecular flexibility index (Phi) is 13.4. The first-order valence-electron chi connectivity index (χ1n) is 21.0. The average molecular weight is 848 g/mol.